The lowest BCUT2D eigenvalue weighted by Crippen LogP contribution is -2.66. The van der Waals surface area contributed by atoms with Crippen molar-refractivity contribution in [3.8, 4) is 0 Å². The molecular weight excluding hydrogens is 344 g/mol. The highest BCUT2D eigenvalue weighted by atomic mass is 16.6. The van der Waals surface area contributed by atoms with Crippen LogP contribution in [0.3, 0.4) is 0 Å². The van der Waals surface area contributed by atoms with Gasteiger partial charge in [0.1, 0.15) is 24.4 Å². The van der Waals surface area contributed by atoms with Crippen molar-refractivity contribution < 1.29 is 34.8 Å². The van der Waals surface area contributed by atoms with Crippen LogP contribution in [0.2, 0.25) is 0 Å². The van der Waals surface area contributed by atoms with Crippen LogP contribution in [-0.4, -0.2) is 81.1 Å². The molecule has 0 aliphatic carbocycles. The molecule has 1 rings (SSSR count). The summed E-state index contributed by atoms with van der Waals surface area (Å²) in [7, 11) is 0. The predicted molar refractivity (Wildman–Crippen MR) is 93.0 cm³/mol. The van der Waals surface area contributed by atoms with Crippen molar-refractivity contribution in [3.63, 3.8) is 0 Å². The minimum absolute atomic E-state index is 0.00145. The largest absolute Gasteiger partial charge is 0.394 e. The van der Waals surface area contributed by atoms with E-state index in [1.54, 1.807) is 6.92 Å². The van der Waals surface area contributed by atoms with Gasteiger partial charge in [-0.25, -0.2) is 0 Å². The number of ether oxygens (including phenoxy) is 1. The Morgan fingerprint density at radius 3 is 2.46 bits per heavy atom. The topological polar surface area (TPSA) is 140 Å². The summed E-state index contributed by atoms with van der Waals surface area (Å²) in [6.07, 6.45) is -1.61. The second kappa shape index (κ2) is 10.3. The maximum absolute atomic E-state index is 12.7. The van der Waals surface area contributed by atoms with E-state index in [1.165, 1.54) is 25.3 Å². The number of carbonyl (C=O) groups excluding carboxylic acids is 2. The summed E-state index contributed by atoms with van der Waals surface area (Å²) >= 11 is 0. The summed E-state index contributed by atoms with van der Waals surface area (Å²) in [6, 6.07) is -1.51. The van der Waals surface area contributed by atoms with E-state index in [2.05, 4.69) is 11.7 Å². The van der Waals surface area contributed by atoms with Gasteiger partial charge < -0.3 is 25.2 Å². The van der Waals surface area contributed by atoms with E-state index < -0.39 is 49.1 Å². The Morgan fingerprint density at radius 2 is 1.92 bits per heavy atom. The number of nitrogens with zero attached hydrogens (tertiary/aromatic N) is 2. The molecule has 0 radical (unpaired) electrons. The first kappa shape index (κ1) is 22.1. The Hall–Kier alpha value is -1.91. The average Bonchev–Trinajstić information content (AvgIpc) is 2.61. The molecule has 0 aromatic heterocycles. The zero-order valence-electron chi connectivity index (χ0n) is 14.9. The van der Waals surface area contributed by atoms with Crippen LogP contribution in [0.15, 0.2) is 28.9 Å². The zero-order chi connectivity index (χ0) is 19.9. The monoisotopic (exact) mass is 370 g/mol. The highest BCUT2D eigenvalue weighted by Gasteiger charge is 2.49. The van der Waals surface area contributed by atoms with Gasteiger partial charge >= 0.3 is 0 Å². The van der Waals surface area contributed by atoms with Gasteiger partial charge in [-0.15, -0.1) is 0 Å². The predicted octanol–water partition coefficient (Wildman–Crippen LogP) is -0.898. The molecule has 1 fully saturated rings. The third kappa shape index (κ3) is 5.05. The summed E-state index contributed by atoms with van der Waals surface area (Å²) in [5.74, 6) is -1.38. The molecule has 9 nitrogen and oxygen atoms in total. The molecule has 146 valence electrons. The van der Waals surface area contributed by atoms with Crippen LogP contribution in [-0.2, 0) is 14.3 Å². The number of rotatable bonds is 7. The molecule has 1 heterocycles. The summed E-state index contributed by atoms with van der Waals surface area (Å²) in [5.41, 5.74) is 0.146. The van der Waals surface area contributed by atoms with Gasteiger partial charge in [0.05, 0.1) is 6.61 Å². The number of imide groups is 1. The van der Waals surface area contributed by atoms with Gasteiger partial charge in [-0.2, -0.15) is 0 Å². The number of aliphatic imine (C=N–C) groups is 1. The normalized spacial score (nSPS) is 29.6. The molecule has 0 bridgehead atoms. The van der Waals surface area contributed by atoms with Crippen LogP contribution in [0, 0.1) is 0 Å². The number of allylic oxidation sites excluding steroid dienone is 2. The maximum atomic E-state index is 12.7. The van der Waals surface area contributed by atoms with E-state index in [-0.39, 0.29) is 12.0 Å². The van der Waals surface area contributed by atoms with Crippen molar-refractivity contribution in [1.29, 1.82) is 0 Å². The molecule has 0 aromatic rings. The van der Waals surface area contributed by atoms with Gasteiger partial charge in [-0.1, -0.05) is 13.0 Å². The third-order valence-corrected chi connectivity index (χ3v) is 3.99. The van der Waals surface area contributed by atoms with E-state index >= 15 is 0 Å². The quantitative estimate of drug-likeness (QED) is 0.259. The first-order chi connectivity index (χ1) is 12.3. The summed E-state index contributed by atoms with van der Waals surface area (Å²) in [4.78, 5) is 29.4. The van der Waals surface area contributed by atoms with E-state index in [0.717, 1.165) is 0 Å². The number of hydrogen-bond donors (Lipinski definition) is 4. The van der Waals surface area contributed by atoms with Gasteiger partial charge in [0, 0.05) is 18.2 Å². The Labute approximate surface area is 151 Å². The summed E-state index contributed by atoms with van der Waals surface area (Å²) in [5, 5.41) is 39.7. The van der Waals surface area contributed by atoms with Crippen LogP contribution < -0.4 is 0 Å². The molecule has 1 aliphatic heterocycles. The Morgan fingerprint density at radius 1 is 1.27 bits per heavy atom. The van der Waals surface area contributed by atoms with Crippen LogP contribution in [0.5, 0.6) is 0 Å². The maximum Gasteiger partial charge on any atom is 0.256 e. The molecule has 2 amide bonds. The fraction of sp³-hybridized carbons (Fsp3) is 0.588. The fourth-order valence-electron chi connectivity index (χ4n) is 2.62. The minimum atomic E-state index is -1.76. The number of amides is 2. The molecule has 1 unspecified atom stereocenters. The molecule has 4 N–H and O–H groups in total. The van der Waals surface area contributed by atoms with Crippen LogP contribution in [0.25, 0.3) is 0 Å². The number of carbonyl (C=O) groups is 2. The van der Waals surface area contributed by atoms with Gasteiger partial charge in [0.25, 0.3) is 5.91 Å². The Kier molecular flexibility index (Phi) is 8.76. The van der Waals surface area contributed by atoms with E-state index in [9.17, 15) is 24.9 Å². The lowest BCUT2D eigenvalue weighted by Gasteiger charge is -2.44. The van der Waals surface area contributed by atoms with E-state index in [0.29, 0.717) is 11.3 Å². The van der Waals surface area contributed by atoms with Gasteiger partial charge in [-0.3, -0.25) is 19.5 Å². The van der Waals surface area contributed by atoms with Crippen LogP contribution in [0.1, 0.15) is 26.7 Å². The molecule has 0 saturated carbocycles. The molecule has 1 saturated heterocycles. The SMILES string of the molecule is C=N/C=C\C=C(/C)C(=O)N(C(=O)CCC)[C@H]1C(O)O[C@H](CO)[C@@H](O)[C@@H]1O. The van der Waals surface area contributed by atoms with Crippen LogP contribution in [0.4, 0.5) is 0 Å². The smallest absolute Gasteiger partial charge is 0.256 e. The van der Waals surface area contributed by atoms with Crippen molar-refractivity contribution in [2.24, 2.45) is 4.99 Å². The first-order valence-electron chi connectivity index (χ1n) is 8.26. The van der Waals surface area contributed by atoms with Gasteiger partial charge in [-0.05, 0) is 26.1 Å². The third-order valence-electron chi connectivity index (χ3n) is 3.99. The second-order valence-electron chi connectivity index (χ2n) is 5.91. The molecule has 0 aromatic carbocycles. The lowest BCUT2D eigenvalue weighted by atomic mass is 9.94. The van der Waals surface area contributed by atoms with Crippen molar-refractivity contribution in [2.75, 3.05) is 6.61 Å². The highest BCUT2D eigenvalue weighted by molar-refractivity contribution is 6.04. The standard InChI is InChI=1S/C17H26N2O7/c1-4-6-12(21)19(16(24)10(2)7-5-8-18-3)13-15(23)14(22)11(9-20)26-17(13)25/h5,7-8,11,13-15,17,20,22-23,25H,3-4,6,9H2,1-2H3/b8-5-,10-7+/t11-,13-,14-,15-,17?/m1/s1. The number of aliphatic hydroxyl groups excluding tert-OH is 4. The Bertz CT molecular complexity index is 575. The summed E-state index contributed by atoms with van der Waals surface area (Å²) in [6.45, 7) is 5.81. The molecule has 0 spiro atoms. The second-order valence-corrected chi connectivity index (χ2v) is 5.91. The fourth-order valence-corrected chi connectivity index (χ4v) is 2.62. The van der Waals surface area contributed by atoms with Gasteiger partial charge in [0.15, 0.2) is 6.29 Å². The Balaban J connectivity index is 3.22. The van der Waals surface area contributed by atoms with Crippen molar-refractivity contribution in [3.05, 3.63) is 23.9 Å². The average molecular weight is 370 g/mol. The van der Waals surface area contributed by atoms with Crippen molar-refractivity contribution in [2.45, 2.75) is 57.3 Å². The molecule has 9 heteroatoms. The molecule has 26 heavy (non-hydrogen) atoms. The number of aliphatic hydroxyl groups is 4. The van der Waals surface area contributed by atoms with Gasteiger partial charge in [0.2, 0.25) is 5.91 Å². The highest BCUT2D eigenvalue weighted by Crippen LogP contribution is 2.26. The zero-order valence-corrected chi connectivity index (χ0v) is 14.9. The van der Waals surface area contributed by atoms with E-state index in [1.807, 2.05) is 0 Å². The summed E-state index contributed by atoms with van der Waals surface area (Å²) < 4.78 is 5.06. The van der Waals surface area contributed by atoms with E-state index in [4.69, 9.17) is 9.84 Å². The first-order valence-corrected chi connectivity index (χ1v) is 8.26. The van der Waals surface area contributed by atoms with Crippen LogP contribution >= 0.6 is 0 Å². The van der Waals surface area contributed by atoms with Crippen molar-refractivity contribution >= 4 is 18.5 Å². The molecule has 1 aliphatic rings. The lowest BCUT2D eigenvalue weighted by molar-refractivity contribution is -0.268. The molecular formula is C17H26N2O7. The van der Waals surface area contributed by atoms with Crippen molar-refractivity contribution in [1.82, 2.24) is 4.90 Å². The minimum Gasteiger partial charge on any atom is -0.394 e. The number of hydrogen-bond acceptors (Lipinski definition) is 8. The molecule has 5 atom stereocenters.